The third-order valence-electron chi connectivity index (χ3n) is 5.66. The highest BCUT2D eigenvalue weighted by molar-refractivity contribution is 5.96. The molecule has 0 saturated carbocycles. The molecule has 0 unspecified atom stereocenters. The zero-order chi connectivity index (χ0) is 25.4. The fraction of sp³-hybridized carbons (Fsp3) is 0.609. The minimum Gasteiger partial charge on any atom is -0.495 e. The van der Waals surface area contributed by atoms with Gasteiger partial charge < -0.3 is 44.4 Å². The first-order chi connectivity index (χ1) is 16.5. The van der Waals surface area contributed by atoms with Crippen LogP contribution in [0, 0.1) is 0 Å². The van der Waals surface area contributed by atoms with Crippen molar-refractivity contribution in [2.45, 2.75) is 70.0 Å². The smallest absolute Gasteiger partial charge is 0.252 e. The number of fused-ring (bicyclic) bond motifs is 3. The second-order valence-corrected chi connectivity index (χ2v) is 9.33. The van der Waals surface area contributed by atoms with Crippen molar-refractivity contribution in [3.8, 4) is 5.75 Å². The highest BCUT2D eigenvalue weighted by atomic mass is 16.9. The molecule has 0 spiro atoms. The molecule has 0 aromatic heterocycles. The second-order valence-electron chi connectivity index (χ2n) is 9.33. The van der Waals surface area contributed by atoms with E-state index in [4.69, 9.17) is 28.4 Å². The lowest BCUT2D eigenvalue weighted by atomic mass is 9.98. The van der Waals surface area contributed by atoms with E-state index in [0.29, 0.717) is 11.4 Å². The Bertz CT molecular complexity index is 983. The average molecular weight is 494 g/mol. The largest absolute Gasteiger partial charge is 0.495 e. The normalized spacial score (nSPS) is 30.0. The highest BCUT2D eigenvalue weighted by Gasteiger charge is 2.62. The minimum absolute atomic E-state index is 0.285. The van der Waals surface area contributed by atoms with Crippen molar-refractivity contribution in [3.63, 3.8) is 0 Å². The Morgan fingerprint density at radius 3 is 2.23 bits per heavy atom. The van der Waals surface area contributed by atoms with E-state index in [1.165, 1.54) is 7.11 Å². The van der Waals surface area contributed by atoms with Gasteiger partial charge in [-0.05, 0) is 39.8 Å². The maximum atomic E-state index is 12.9. The standard InChI is InChI=1S/C23H31N3O9/c1-22(2)32-16-17(33-22)19-21(35-23(3,4)34-19)31-18(16)20(29)25-10-14(27)24-11-15(28)26-12-8-6-7-9-13(12)30-5/h6-9,16-19,21H,10-11H2,1-5H3,(H,24,27)(H,25,29)(H,26,28)/t16-,17-,18-,19-,21+/m1/s1. The van der Waals surface area contributed by atoms with Crippen LogP contribution in [0.3, 0.4) is 0 Å². The van der Waals surface area contributed by atoms with Crippen molar-refractivity contribution >= 4 is 23.4 Å². The maximum absolute atomic E-state index is 12.9. The van der Waals surface area contributed by atoms with Gasteiger partial charge in [0.2, 0.25) is 11.8 Å². The summed E-state index contributed by atoms with van der Waals surface area (Å²) < 4.78 is 34.6. The number of ether oxygens (including phenoxy) is 6. The number of para-hydroxylation sites is 2. The molecule has 0 aliphatic carbocycles. The molecule has 0 bridgehead atoms. The van der Waals surface area contributed by atoms with E-state index >= 15 is 0 Å². The summed E-state index contributed by atoms with van der Waals surface area (Å²) in [5.41, 5.74) is 0.479. The molecule has 4 rings (SSSR count). The predicted octanol–water partition coefficient (Wildman–Crippen LogP) is 0.263. The zero-order valence-electron chi connectivity index (χ0n) is 20.3. The van der Waals surface area contributed by atoms with E-state index in [2.05, 4.69) is 16.0 Å². The van der Waals surface area contributed by atoms with Gasteiger partial charge >= 0.3 is 0 Å². The molecule has 0 radical (unpaired) electrons. The number of methoxy groups -OCH3 is 1. The molecule has 3 fully saturated rings. The molecule has 1 aromatic rings. The Morgan fingerprint density at radius 1 is 0.857 bits per heavy atom. The molecule has 5 atom stereocenters. The van der Waals surface area contributed by atoms with Gasteiger partial charge in [-0.25, -0.2) is 0 Å². The number of benzene rings is 1. The van der Waals surface area contributed by atoms with Gasteiger partial charge in [0.25, 0.3) is 5.91 Å². The van der Waals surface area contributed by atoms with Crippen molar-refractivity contribution in [2.24, 2.45) is 0 Å². The molecule has 3 aliphatic rings. The quantitative estimate of drug-likeness (QED) is 0.487. The lowest BCUT2D eigenvalue weighted by Gasteiger charge is -2.36. The molecule has 35 heavy (non-hydrogen) atoms. The fourth-order valence-corrected chi connectivity index (χ4v) is 4.27. The number of hydrogen-bond acceptors (Lipinski definition) is 9. The molecule has 192 valence electrons. The van der Waals surface area contributed by atoms with Crippen LogP contribution in [0.4, 0.5) is 5.69 Å². The monoisotopic (exact) mass is 493 g/mol. The van der Waals surface area contributed by atoms with E-state index < -0.39 is 60.0 Å². The molecule has 3 heterocycles. The topological polar surface area (TPSA) is 143 Å². The van der Waals surface area contributed by atoms with Gasteiger partial charge in [0.05, 0.1) is 25.9 Å². The molecule has 3 amide bonds. The van der Waals surface area contributed by atoms with Gasteiger partial charge in [0, 0.05) is 0 Å². The molecule has 3 N–H and O–H groups in total. The Kier molecular flexibility index (Phi) is 7.02. The summed E-state index contributed by atoms with van der Waals surface area (Å²) in [7, 11) is 1.49. The van der Waals surface area contributed by atoms with E-state index in [-0.39, 0.29) is 13.1 Å². The number of hydrogen-bond donors (Lipinski definition) is 3. The first-order valence-corrected chi connectivity index (χ1v) is 11.3. The summed E-state index contributed by atoms with van der Waals surface area (Å²) in [4.78, 5) is 37.3. The Hall–Kier alpha value is -2.77. The predicted molar refractivity (Wildman–Crippen MR) is 120 cm³/mol. The van der Waals surface area contributed by atoms with Crippen molar-refractivity contribution in [2.75, 3.05) is 25.5 Å². The van der Waals surface area contributed by atoms with Gasteiger partial charge in [-0.2, -0.15) is 0 Å². The third-order valence-corrected chi connectivity index (χ3v) is 5.66. The van der Waals surface area contributed by atoms with Gasteiger partial charge in [0.1, 0.15) is 24.1 Å². The lowest BCUT2D eigenvalue weighted by Crippen LogP contribution is -2.60. The van der Waals surface area contributed by atoms with Crippen molar-refractivity contribution < 1.29 is 42.8 Å². The molecule has 3 aliphatic heterocycles. The third kappa shape index (κ3) is 5.73. The van der Waals surface area contributed by atoms with Crippen molar-refractivity contribution in [1.29, 1.82) is 0 Å². The number of carbonyl (C=O) groups is 3. The summed E-state index contributed by atoms with van der Waals surface area (Å²) in [6.45, 7) is 6.31. The van der Waals surface area contributed by atoms with Crippen LogP contribution in [-0.2, 0) is 38.1 Å². The Labute approximate surface area is 202 Å². The van der Waals surface area contributed by atoms with Crippen LogP contribution in [0.25, 0.3) is 0 Å². The first kappa shape index (κ1) is 25.3. The molecule has 12 nitrogen and oxygen atoms in total. The van der Waals surface area contributed by atoms with Crippen LogP contribution in [0.15, 0.2) is 24.3 Å². The molecular weight excluding hydrogens is 462 g/mol. The number of amides is 3. The van der Waals surface area contributed by atoms with E-state index in [9.17, 15) is 14.4 Å². The SMILES string of the molecule is COc1ccccc1NC(=O)CNC(=O)CNC(=O)[C@@H]1O[C@H]2OC(C)(C)O[C@@H]2[C@@H]2OC(C)(C)O[C@H]21. The fourth-order valence-electron chi connectivity index (χ4n) is 4.27. The van der Waals surface area contributed by atoms with Crippen LogP contribution in [0.5, 0.6) is 5.75 Å². The maximum Gasteiger partial charge on any atom is 0.252 e. The summed E-state index contributed by atoms with van der Waals surface area (Å²) in [6.07, 6.45) is -3.81. The van der Waals surface area contributed by atoms with Gasteiger partial charge in [0.15, 0.2) is 24.0 Å². The van der Waals surface area contributed by atoms with Gasteiger partial charge in [-0.3, -0.25) is 14.4 Å². The van der Waals surface area contributed by atoms with Gasteiger partial charge in [-0.15, -0.1) is 0 Å². The van der Waals surface area contributed by atoms with E-state index in [0.717, 1.165) is 0 Å². The molecular formula is C23H31N3O9. The van der Waals surface area contributed by atoms with Crippen molar-refractivity contribution in [1.82, 2.24) is 10.6 Å². The summed E-state index contributed by atoms with van der Waals surface area (Å²) in [6, 6.07) is 6.90. The lowest BCUT2D eigenvalue weighted by molar-refractivity contribution is -0.231. The van der Waals surface area contributed by atoms with Crippen LogP contribution in [0.2, 0.25) is 0 Å². The number of anilines is 1. The van der Waals surface area contributed by atoms with Gasteiger partial charge in [-0.1, -0.05) is 12.1 Å². The summed E-state index contributed by atoms with van der Waals surface area (Å²) in [5.74, 6) is -2.93. The van der Waals surface area contributed by atoms with E-state index in [1.807, 2.05) is 0 Å². The van der Waals surface area contributed by atoms with Crippen molar-refractivity contribution in [3.05, 3.63) is 24.3 Å². The Balaban J connectivity index is 1.29. The highest BCUT2D eigenvalue weighted by Crippen LogP contribution is 2.44. The second kappa shape index (κ2) is 9.70. The zero-order valence-corrected chi connectivity index (χ0v) is 20.3. The van der Waals surface area contributed by atoms with E-state index in [1.54, 1.807) is 52.0 Å². The number of nitrogens with one attached hydrogen (secondary N) is 3. The summed E-state index contributed by atoms with van der Waals surface area (Å²) in [5, 5.41) is 7.63. The minimum atomic E-state index is -1.08. The summed E-state index contributed by atoms with van der Waals surface area (Å²) >= 11 is 0. The molecule has 1 aromatic carbocycles. The Morgan fingerprint density at radius 2 is 1.49 bits per heavy atom. The molecule has 3 saturated heterocycles. The number of rotatable bonds is 7. The number of carbonyl (C=O) groups excluding carboxylic acids is 3. The van der Waals surface area contributed by atoms with Crippen LogP contribution in [0.1, 0.15) is 27.7 Å². The van der Waals surface area contributed by atoms with Crippen LogP contribution >= 0.6 is 0 Å². The van der Waals surface area contributed by atoms with Crippen LogP contribution < -0.4 is 20.7 Å². The first-order valence-electron chi connectivity index (χ1n) is 11.3. The average Bonchev–Trinajstić information content (AvgIpc) is 3.29. The molecule has 12 heteroatoms. The van der Waals surface area contributed by atoms with Crippen LogP contribution in [-0.4, -0.2) is 80.2 Å².